The zero-order chi connectivity index (χ0) is 8.55. The monoisotopic (exact) mass is 182 g/mol. The largest absolute Gasteiger partial charge is 0.354 e. The van der Waals surface area contributed by atoms with Crippen molar-refractivity contribution in [1.29, 1.82) is 0 Å². The molecule has 1 fully saturated rings. The summed E-state index contributed by atoms with van der Waals surface area (Å²) in [6.45, 7) is 0. The number of anilines is 1. The van der Waals surface area contributed by atoms with Gasteiger partial charge in [-0.25, -0.2) is 4.98 Å². The number of hydrogen-bond donors (Lipinski definition) is 0. The van der Waals surface area contributed by atoms with Crippen LogP contribution in [0.2, 0.25) is 0 Å². The lowest BCUT2D eigenvalue weighted by Crippen LogP contribution is -2.11. The van der Waals surface area contributed by atoms with E-state index in [4.69, 9.17) is 0 Å². The Morgan fingerprint density at radius 2 is 2.25 bits per heavy atom. The zero-order valence-corrected chi connectivity index (χ0v) is 8.40. The van der Waals surface area contributed by atoms with E-state index in [0.717, 1.165) is 11.0 Å². The van der Waals surface area contributed by atoms with E-state index in [1.165, 1.54) is 25.0 Å². The minimum atomic E-state index is 0.773. The smallest absolute Gasteiger partial charge is 0.184 e. The fraction of sp³-hybridized carbons (Fsp3) is 0.667. The Bertz CT molecular complexity index is 263. The predicted molar refractivity (Wildman–Crippen MR) is 53.0 cm³/mol. The lowest BCUT2D eigenvalue weighted by Gasteiger charge is -2.23. The molecule has 66 valence electrons. The second-order valence-corrected chi connectivity index (χ2v) is 4.41. The Balaban J connectivity index is 2.12. The van der Waals surface area contributed by atoms with Crippen LogP contribution in [0.3, 0.4) is 0 Å². The zero-order valence-electron chi connectivity index (χ0n) is 7.58. The average Bonchev–Trinajstić information content (AvgIpc) is 2.32. The molecule has 0 saturated heterocycles. The van der Waals surface area contributed by atoms with Crippen LogP contribution < -0.4 is 4.90 Å². The molecule has 0 bridgehead atoms. The van der Waals surface area contributed by atoms with Crippen molar-refractivity contribution >= 4 is 16.5 Å². The van der Waals surface area contributed by atoms with Crippen molar-refractivity contribution in [3.8, 4) is 0 Å². The highest BCUT2D eigenvalue weighted by Crippen LogP contribution is 2.37. The van der Waals surface area contributed by atoms with Gasteiger partial charge in [0.15, 0.2) is 5.13 Å². The first-order valence-corrected chi connectivity index (χ1v) is 5.28. The molecule has 1 aromatic heterocycles. The highest BCUT2D eigenvalue weighted by molar-refractivity contribution is 7.13. The molecular weight excluding hydrogens is 168 g/mol. The van der Waals surface area contributed by atoms with Crippen molar-refractivity contribution < 1.29 is 0 Å². The minimum absolute atomic E-state index is 0.773. The third-order valence-electron chi connectivity index (χ3n) is 2.42. The van der Waals surface area contributed by atoms with Gasteiger partial charge in [0.1, 0.15) is 0 Å². The molecular formula is C9H14N2S. The highest BCUT2D eigenvalue weighted by Gasteiger charge is 2.22. The Kier molecular flexibility index (Phi) is 2.05. The van der Waals surface area contributed by atoms with Crippen molar-refractivity contribution in [2.75, 3.05) is 19.0 Å². The standard InChI is InChI=1S/C9H14N2S/c1-11(2)9-10-8(6-12-9)7-4-3-5-7/h6-7H,3-5H2,1-2H3. The SMILES string of the molecule is CN(C)c1nc(C2CCC2)cs1. The lowest BCUT2D eigenvalue weighted by atomic mass is 9.83. The second-order valence-electron chi connectivity index (χ2n) is 3.58. The molecule has 0 unspecified atom stereocenters. The van der Waals surface area contributed by atoms with Crippen LogP contribution in [0, 0.1) is 0 Å². The summed E-state index contributed by atoms with van der Waals surface area (Å²) in [5, 5.41) is 3.34. The quantitative estimate of drug-likeness (QED) is 0.698. The number of rotatable bonds is 2. The number of nitrogens with zero attached hydrogens (tertiary/aromatic N) is 2. The van der Waals surface area contributed by atoms with E-state index in [-0.39, 0.29) is 0 Å². The molecule has 2 nitrogen and oxygen atoms in total. The molecule has 0 radical (unpaired) electrons. The summed E-state index contributed by atoms with van der Waals surface area (Å²) in [6.07, 6.45) is 4.08. The van der Waals surface area contributed by atoms with Gasteiger partial charge in [0, 0.05) is 25.4 Å². The highest BCUT2D eigenvalue weighted by atomic mass is 32.1. The maximum Gasteiger partial charge on any atom is 0.184 e. The maximum absolute atomic E-state index is 4.58. The molecule has 0 N–H and O–H groups in total. The van der Waals surface area contributed by atoms with Crippen molar-refractivity contribution in [3.63, 3.8) is 0 Å². The molecule has 1 aliphatic rings. The molecule has 0 aromatic carbocycles. The Morgan fingerprint density at radius 3 is 2.67 bits per heavy atom. The summed E-state index contributed by atoms with van der Waals surface area (Å²) in [4.78, 5) is 6.65. The number of hydrogen-bond acceptors (Lipinski definition) is 3. The Morgan fingerprint density at radius 1 is 1.50 bits per heavy atom. The van der Waals surface area contributed by atoms with Crippen LogP contribution in [-0.4, -0.2) is 19.1 Å². The molecule has 1 aliphatic carbocycles. The van der Waals surface area contributed by atoms with Crippen LogP contribution in [0.15, 0.2) is 5.38 Å². The summed E-state index contributed by atoms with van der Waals surface area (Å²) in [6, 6.07) is 0. The fourth-order valence-corrected chi connectivity index (χ4v) is 2.21. The molecule has 1 aromatic rings. The number of thiazole rings is 1. The molecule has 2 rings (SSSR count). The summed E-state index contributed by atoms with van der Waals surface area (Å²) in [5.74, 6) is 0.773. The molecule has 12 heavy (non-hydrogen) atoms. The molecule has 0 atom stereocenters. The summed E-state index contributed by atoms with van der Waals surface area (Å²) in [5.41, 5.74) is 1.31. The van der Waals surface area contributed by atoms with Crippen molar-refractivity contribution in [1.82, 2.24) is 4.98 Å². The number of aromatic nitrogens is 1. The van der Waals surface area contributed by atoms with Crippen LogP contribution in [0.5, 0.6) is 0 Å². The lowest BCUT2D eigenvalue weighted by molar-refractivity contribution is 0.413. The first-order valence-electron chi connectivity index (χ1n) is 4.40. The average molecular weight is 182 g/mol. The van der Waals surface area contributed by atoms with Gasteiger partial charge in [-0.2, -0.15) is 0 Å². The first kappa shape index (κ1) is 8.05. The van der Waals surface area contributed by atoms with E-state index in [9.17, 15) is 0 Å². The van der Waals surface area contributed by atoms with Gasteiger partial charge in [-0.05, 0) is 12.8 Å². The normalized spacial score (nSPS) is 17.5. The van der Waals surface area contributed by atoms with Gasteiger partial charge in [0.2, 0.25) is 0 Å². The van der Waals surface area contributed by atoms with E-state index < -0.39 is 0 Å². The third kappa shape index (κ3) is 1.33. The van der Waals surface area contributed by atoms with E-state index in [0.29, 0.717) is 0 Å². The molecule has 0 spiro atoms. The molecule has 0 amide bonds. The molecule has 0 aliphatic heterocycles. The van der Waals surface area contributed by atoms with Crippen LogP contribution >= 0.6 is 11.3 Å². The molecule has 1 heterocycles. The van der Waals surface area contributed by atoms with Gasteiger partial charge in [-0.3, -0.25) is 0 Å². The Labute approximate surface area is 77.2 Å². The molecule has 3 heteroatoms. The maximum atomic E-state index is 4.58. The second kappa shape index (κ2) is 3.05. The van der Waals surface area contributed by atoms with Gasteiger partial charge in [0.25, 0.3) is 0 Å². The van der Waals surface area contributed by atoms with Crippen LogP contribution in [0.25, 0.3) is 0 Å². The van der Waals surface area contributed by atoms with Gasteiger partial charge in [-0.15, -0.1) is 11.3 Å². The van der Waals surface area contributed by atoms with E-state index in [2.05, 4.69) is 15.3 Å². The third-order valence-corrected chi connectivity index (χ3v) is 3.44. The summed E-state index contributed by atoms with van der Waals surface area (Å²) < 4.78 is 0. The van der Waals surface area contributed by atoms with Gasteiger partial charge in [-0.1, -0.05) is 6.42 Å². The summed E-state index contributed by atoms with van der Waals surface area (Å²) in [7, 11) is 4.09. The van der Waals surface area contributed by atoms with Crippen LogP contribution in [0.4, 0.5) is 5.13 Å². The van der Waals surface area contributed by atoms with E-state index in [1.54, 1.807) is 11.3 Å². The molecule has 1 saturated carbocycles. The first-order chi connectivity index (χ1) is 5.77. The minimum Gasteiger partial charge on any atom is -0.354 e. The van der Waals surface area contributed by atoms with Gasteiger partial charge >= 0.3 is 0 Å². The van der Waals surface area contributed by atoms with Crippen LogP contribution in [-0.2, 0) is 0 Å². The summed E-state index contributed by atoms with van der Waals surface area (Å²) >= 11 is 1.75. The topological polar surface area (TPSA) is 16.1 Å². The van der Waals surface area contributed by atoms with Crippen molar-refractivity contribution in [3.05, 3.63) is 11.1 Å². The van der Waals surface area contributed by atoms with Crippen molar-refractivity contribution in [2.45, 2.75) is 25.2 Å². The predicted octanol–water partition coefficient (Wildman–Crippen LogP) is 2.48. The van der Waals surface area contributed by atoms with Crippen LogP contribution in [0.1, 0.15) is 30.9 Å². The Hall–Kier alpha value is -0.570. The van der Waals surface area contributed by atoms with Crippen molar-refractivity contribution in [2.24, 2.45) is 0 Å². The van der Waals surface area contributed by atoms with Gasteiger partial charge in [0.05, 0.1) is 5.69 Å². The van der Waals surface area contributed by atoms with E-state index >= 15 is 0 Å². The van der Waals surface area contributed by atoms with E-state index in [1.807, 2.05) is 14.1 Å². The fourth-order valence-electron chi connectivity index (χ4n) is 1.37. The van der Waals surface area contributed by atoms with Gasteiger partial charge < -0.3 is 4.90 Å².